The minimum atomic E-state index is -0.377. The van der Waals surface area contributed by atoms with Gasteiger partial charge in [-0.3, -0.25) is 0 Å². The first-order valence-electron chi connectivity index (χ1n) is 11.0. The minimum Gasteiger partial charge on any atom is -0.205 e. The third kappa shape index (κ3) is 4.78. The Balaban J connectivity index is 1.33. The highest BCUT2D eigenvalue weighted by molar-refractivity contribution is 7.78. The fourth-order valence-corrected chi connectivity index (χ4v) is 4.27. The van der Waals surface area contributed by atoms with E-state index in [0.717, 1.165) is 41.0 Å². The fraction of sp³-hybridized carbons (Fsp3) is 0.207. The van der Waals surface area contributed by atoms with Crippen molar-refractivity contribution in [3.05, 3.63) is 99.9 Å². The predicted molar refractivity (Wildman–Crippen MR) is 133 cm³/mol. The van der Waals surface area contributed by atoms with Crippen LogP contribution in [0.5, 0.6) is 0 Å². The number of halogens is 1. The van der Waals surface area contributed by atoms with Crippen molar-refractivity contribution < 1.29 is 4.39 Å². The van der Waals surface area contributed by atoms with Crippen LogP contribution in [0.25, 0.3) is 11.6 Å². The molecule has 0 saturated heterocycles. The highest BCUT2D eigenvalue weighted by Crippen LogP contribution is 2.33. The summed E-state index contributed by atoms with van der Waals surface area (Å²) >= 11 is 4.57. The van der Waals surface area contributed by atoms with Crippen LogP contribution in [0.2, 0.25) is 0 Å². The number of rotatable bonds is 4. The number of allylic oxidation sites excluding steroid dienone is 1. The van der Waals surface area contributed by atoms with Gasteiger partial charge in [0.2, 0.25) is 0 Å². The van der Waals surface area contributed by atoms with E-state index in [1.54, 1.807) is 6.07 Å². The van der Waals surface area contributed by atoms with E-state index in [0.29, 0.717) is 0 Å². The van der Waals surface area contributed by atoms with Crippen LogP contribution in [-0.2, 0) is 12.8 Å². The van der Waals surface area contributed by atoms with Gasteiger partial charge in [-0.25, -0.2) is 4.39 Å². The van der Waals surface area contributed by atoms with Crippen molar-refractivity contribution in [1.82, 2.24) is 0 Å². The number of hydrogen-bond acceptors (Lipinski definition) is 2. The summed E-state index contributed by atoms with van der Waals surface area (Å²) in [6, 6.07) is 20.1. The molecule has 0 unspecified atom stereocenters. The predicted octanol–water partition coefficient (Wildman–Crippen LogP) is 7.40. The lowest BCUT2D eigenvalue weighted by atomic mass is 9.88. The third-order valence-electron chi connectivity index (χ3n) is 6.15. The maximum Gasteiger partial charge on any atom is 0.150 e. The normalized spacial score (nSPS) is 14.5. The van der Waals surface area contributed by atoms with Crippen LogP contribution in [-0.4, -0.2) is 5.16 Å². The van der Waals surface area contributed by atoms with E-state index >= 15 is 0 Å². The number of aryl methyl sites for hydroxylation is 1. The van der Waals surface area contributed by atoms with Gasteiger partial charge < -0.3 is 0 Å². The van der Waals surface area contributed by atoms with E-state index in [4.69, 9.17) is 0 Å². The SMILES string of the molecule is Fc1cc(C2=Cc3ccc(C#Cc4ccc(CC5CC5)cc4)cc3CC2)ccc1N=C=S. The Labute approximate surface area is 193 Å². The van der Waals surface area contributed by atoms with Gasteiger partial charge in [-0.2, -0.15) is 4.99 Å². The van der Waals surface area contributed by atoms with E-state index in [2.05, 4.69) is 82.8 Å². The lowest BCUT2D eigenvalue weighted by Crippen LogP contribution is -2.00. The molecule has 3 aromatic rings. The number of nitrogens with zero attached hydrogens (tertiary/aromatic N) is 1. The molecular weight excluding hydrogens is 413 g/mol. The Morgan fingerprint density at radius 3 is 2.44 bits per heavy atom. The molecule has 0 spiro atoms. The van der Waals surface area contributed by atoms with E-state index in [9.17, 15) is 4.39 Å². The topological polar surface area (TPSA) is 12.4 Å². The molecule has 156 valence electrons. The molecule has 0 radical (unpaired) electrons. The van der Waals surface area contributed by atoms with Crippen molar-refractivity contribution in [1.29, 1.82) is 0 Å². The number of fused-ring (bicyclic) bond motifs is 1. The summed E-state index contributed by atoms with van der Waals surface area (Å²) in [5.74, 6) is 7.12. The minimum absolute atomic E-state index is 0.223. The first-order valence-corrected chi connectivity index (χ1v) is 11.4. The molecule has 0 aliphatic heterocycles. The van der Waals surface area contributed by atoms with Crippen molar-refractivity contribution in [3.63, 3.8) is 0 Å². The van der Waals surface area contributed by atoms with E-state index in [1.807, 2.05) is 6.07 Å². The molecule has 3 heteroatoms. The van der Waals surface area contributed by atoms with Crippen LogP contribution in [0.4, 0.5) is 10.1 Å². The molecule has 0 bridgehead atoms. The number of hydrogen-bond donors (Lipinski definition) is 0. The Kier molecular flexibility index (Phi) is 5.82. The zero-order valence-electron chi connectivity index (χ0n) is 17.7. The van der Waals surface area contributed by atoms with Crippen molar-refractivity contribution in [2.75, 3.05) is 0 Å². The molecular formula is C29H22FNS. The zero-order chi connectivity index (χ0) is 21.9. The molecule has 2 aliphatic carbocycles. The van der Waals surface area contributed by atoms with E-state index < -0.39 is 0 Å². The maximum absolute atomic E-state index is 14.2. The summed E-state index contributed by atoms with van der Waals surface area (Å²) in [6.45, 7) is 0. The van der Waals surface area contributed by atoms with Crippen LogP contribution in [0, 0.1) is 23.6 Å². The summed E-state index contributed by atoms with van der Waals surface area (Å²) in [7, 11) is 0. The molecule has 32 heavy (non-hydrogen) atoms. The third-order valence-corrected chi connectivity index (χ3v) is 6.24. The largest absolute Gasteiger partial charge is 0.205 e. The lowest BCUT2D eigenvalue weighted by Gasteiger charge is -2.17. The summed E-state index contributed by atoms with van der Waals surface area (Å²) in [6.07, 6.45) is 7.87. The van der Waals surface area contributed by atoms with Crippen LogP contribution in [0.15, 0.2) is 65.7 Å². The highest BCUT2D eigenvalue weighted by atomic mass is 32.1. The molecule has 5 rings (SSSR count). The summed E-state index contributed by atoms with van der Waals surface area (Å²) in [5, 5.41) is 2.22. The average molecular weight is 436 g/mol. The van der Waals surface area contributed by atoms with Crippen LogP contribution in [0.3, 0.4) is 0 Å². The molecule has 0 heterocycles. The monoisotopic (exact) mass is 435 g/mol. The van der Waals surface area contributed by atoms with Crippen molar-refractivity contribution in [3.8, 4) is 11.8 Å². The summed E-state index contributed by atoms with van der Waals surface area (Å²) < 4.78 is 14.2. The molecule has 1 fully saturated rings. The van der Waals surface area contributed by atoms with Crippen LogP contribution in [0.1, 0.15) is 52.6 Å². The van der Waals surface area contributed by atoms with Gasteiger partial charge in [-0.1, -0.05) is 42.2 Å². The van der Waals surface area contributed by atoms with Gasteiger partial charge in [-0.05, 0) is 114 Å². The Morgan fingerprint density at radius 1 is 0.906 bits per heavy atom. The van der Waals surface area contributed by atoms with Gasteiger partial charge in [0.1, 0.15) is 11.5 Å². The summed E-state index contributed by atoms with van der Waals surface area (Å²) in [4.78, 5) is 3.75. The first kappa shape index (κ1) is 20.6. The summed E-state index contributed by atoms with van der Waals surface area (Å²) in [5.41, 5.74) is 8.16. The Morgan fingerprint density at radius 2 is 1.69 bits per heavy atom. The maximum atomic E-state index is 14.2. The molecule has 1 nitrogen and oxygen atoms in total. The standard InChI is InChI=1S/C29H22FNS/c30-28-18-27(13-14-29(28)31-19-32)26-12-11-24-16-23(9-10-25(24)17-26)6-3-20-1-4-21(5-2-20)15-22-7-8-22/h1-2,4-5,9-10,13-14,16-18,22H,7-8,11-12,15H2. The van der Waals surface area contributed by atoms with Crippen LogP contribution >= 0.6 is 12.2 Å². The van der Waals surface area contributed by atoms with Gasteiger partial charge in [0.25, 0.3) is 0 Å². The second-order valence-electron chi connectivity index (χ2n) is 8.55. The smallest absolute Gasteiger partial charge is 0.150 e. The highest BCUT2D eigenvalue weighted by Gasteiger charge is 2.21. The molecule has 0 atom stereocenters. The van der Waals surface area contributed by atoms with Crippen molar-refractivity contribution >= 4 is 34.7 Å². The number of aliphatic imine (C=N–C) groups is 1. The molecule has 2 aliphatic rings. The second-order valence-corrected chi connectivity index (χ2v) is 8.73. The number of isothiocyanates is 1. The second kappa shape index (κ2) is 9.05. The molecule has 0 N–H and O–H groups in total. The van der Waals surface area contributed by atoms with Crippen LogP contribution < -0.4 is 0 Å². The van der Waals surface area contributed by atoms with Crippen molar-refractivity contribution in [2.45, 2.75) is 32.1 Å². The molecule has 0 amide bonds. The molecule has 1 saturated carbocycles. The van der Waals surface area contributed by atoms with E-state index in [1.165, 1.54) is 42.0 Å². The molecule has 3 aromatic carbocycles. The van der Waals surface area contributed by atoms with Gasteiger partial charge in [0.15, 0.2) is 0 Å². The van der Waals surface area contributed by atoms with E-state index in [-0.39, 0.29) is 11.5 Å². The fourth-order valence-electron chi connectivity index (χ4n) is 4.17. The lowest BCUT2D eigenvalue weighted by molar-refractivity contribution is 0.629. The van der Waals surface area contributed by atoms with Gasteiger partial charge >= 0.3 is 0 Å². The van der Waals surface area contributed by atoms with Gasteiger partial charge in [-0.15, -0.1) is 0 Å². The van der Waals surface area contributed by atoms with Crippen molar-refractivity contribution in [2.24, 2.45) is 10.9 Å². The first-order chi connectivity index (χ1) is 15.7. The molecule has 0 aromatic heterocycles. The Bertz CT molecular complexity index is 1310. The van der Waals surface area contributed by atoms with Gasteiger partial charge in [0, 0.05) is 11.1 Å². The quantitative estimate of drug-likeness (QED) is 0.236. The number of thiocarbonyl (C=S) groups is 1. The Hall–Kier alpha value is -3.31. The number of benzene rings is 3. The van der Waals surface area contributed by atoms with Gasteiger partial charge in [0.05, 0.1) is 5.16 Å². The zero-order valence-corrected chi connectivity index (χ0v) is 18.5. The average Bonchev–Trinajstić information content (AvgIpc) is 3.64.